The van der Waals surface area contributed by atoms with Crippen LogP contribution in [0.25, 0.3) is 0 Å². The van der Waals surface area contributed by atoms with Crippen LogP contribution in [-0.4, -0.2) is 11.1 Å². The quantitative estimate of drug-likeness (QED) is 0.891. The monoisotopic (exact) mass is 250 g/mol. The van der Waals surface area contributed by atoms with E-state index in [0.29, 0.717) is 5.56 Å². The first kappa shape index (κ1) is 11.7. The normalized spacial score (nSPS) is 10.3. The summed E-state index contributed by atoms with van der Waals surface area (Å²) in [7, 11) is 0. The van der Waals surface area contributed by atoms with E-state index < -0.39 is 0 Å². The number of aromatic nitrogens is 1. The van der Waals surface area contributed by atoms with E-state index in [1.165, 1.54) is 6.26 Å². The van der Waals surface area contributed by atoms with E-state index in [1.54, 1.807) is 6.07 Å². The van der Waals surface area contributed by atoms with E-state index >= 15 is 0 Å². The van der Waals surface area contributed by atoms with Crippen LogP contribution >= 0.6 is 11.6 Å². The molecule has 1 amide bonds. The first-order valence-corrected chi connectivity index (χ1v) is 5.44. The van der Waals surface area contributed by atoms with Crippen LogP contribution < -0.4 is 5.32 Å². The van der Waals surface area contributed by atoms with Gasteiger partial charge in [-0.2, -0.15) is 0 Å². The van der Waals surface area contributed by atoms with Crippen LogP contribution in [0.2, 0.25) is 5.02 Å². The standard InChI is InChI=1S/C12H11ClN2O2/c1-7-3-4-9(8(2)5-7)12(16)14-11-10(13)6-17-15-11/h3-6H,1-2H3,(H,14,15,16). The molecule has 0 aliphatic carbocycles. The van der Waals surface area contributed by atoms with Gasteiger partial charge in [0.05, 0.1) is 0 Å². The fourth-order valence-corrected chi connectivity index (χ4v) is 1.67. The average Bonchev–Trinajstić information content (AvgIpc) is 2.64. The number of benzene rings is 1. The Labute approximate surface area is 104 Å². The number of nitrogens with zero attached hydrogens (tertiary/aromatic N) is 1. The first-order valence-electron chi connectivity index (χ1n) is 5.06. The van der Waals surface area contributed by atoms with Gasteiger partial charge in [0.1, 0.15) is 11.3 Å². The summed E-state index contributed by atoms with van der Waals surface area (Å²) in [5.41, 5.74) is 2.61. The first-order chi connectivity index (χ1) is 8.08. The summed E-state index contributed by atoms with van der Waals surface area (Å²) in [6.07, 6.45) is 1.26. The van der Waals surface area contributed by atoms with Crippen LogP contribution in [0.15, 0.2) is 29.0 Å². The van der Waals surface area contributed by atoms with Crippen molar-refractivity contribution in [3.63, 3.8) is 0 Å². The van der Waals surface area contributed by atoms with Crippen molar-refractivity contribution in [3.05, 3.63) is 46.2 Å². The number of carbonyl (C=O) groups excluding carboxylic acids is 1. The van der Waals surface area contributed by atoms with Crippen molar-refractivity contribution in [1.82, 2.24) is 5.16 Å². The number of carbonyl (C=O) groups is 1. The number of hydrogen-bond donors (Lipinski definition) is 1. The zero-order valence-electron chi connectivity index (χ0n) is 9.45. The Kier molecular flexibility index (Phi) is 3.15. The number of halogens is 1. The maximum atomic E-state index is 11.9. The predicted octanol–water partition coefficient (Wildman–Crippen LogP) is 3.20. The molecule has 0 atom stereocenters. The molecule has 17 heavy (non-hydrogen) atoms. The van der Waals surface area contributed by atoms with Crippen LogP contribution in [0, 0.1) is 13.8 Å². The fraction of sp³-hybridized carbons (Fsp3) is 0.167. The molecule has 5 heteroatoms. The minimum atomic E-state index is -0.252. The van der Waals surface area contributed by atoms with Gasteiger partial charge in [0, 0.05) is 5.56 Å². The number of amides is 1. The van der Waals surface area contributed by atoms with Gasteiger partial charge in [-0.25, -0.2) is 0 Å². The van der Waals surface area contributed by atoms with E-state index in [1.807, 2.05) is 26.0 Å². The number of hydrogen-bond acceptors (Lipinski definition) is 3. The second kappa shape index (κ2) is 4.59. The summed E-state index contributed by atoms with van der Waals surface area (Å²) in [5, 5.41) is 6.46. The van der Waals surface area contributed by atoms with Crippen molar-refractivity contribution < 1.29 is 9.32 Å². The van der Waals surface area contributed by atoms with E-state index in [9.17, 15) is 4.79 Å². The number of nitrogens with one attached hydrogen (secondary N) is 1. The van der Waals surface area contributed by atoms with Crippen molar-refractivity contribution in [3.8, 4) is 0 Å². The van der Waals surface area contributed by atoms with Gasteiger partial charge in [-0.05, 0) is 25.5 Å². The molecule has 0 aliphatic heterocycles. The van der Waals surface area contributed by atoms with Gasteiger partial charge in [0.15, 0.2) is 5.82 Å². The van der Waals surface area contributed by atoms with E-state index in [4.69, 9.17) is 11.6 Å². The average molecular weight is 251 g/mol. The maximum absolute atomic E-state index is 11.9. The summed E-state index contributed by atoms with van der Waals surface area (Å²) in [6.45, 7) is 3.86. The molecule has 88 valence electrons. The molecule has 0 saturated carbocycles. The molecule has 1 N–H and O–H groups in total. The summed E-state index contributed by atoms with van der Waals surface area (Å²) in [5.74, 6) is -0.0186. The summed E-state index contributed by atoms with van der Waals surface area (Å²) >= 11 is 5.77. The smallest absolute Gasteiger partial charge is 0.257 e. The maximum Gasteiger partial charge on any atom is 0.257 e. The summed E-state index contributed by atoms with van der Waals surface area (Å²) in [6, 6.07) is 5.60. The second-order valence-electron chi connectivity index (χ2n) is 3.78. The molecule has 0 bridgehead atoms. The van der Waals surface area contributed by atoms with Gasteiger partial charge in [0.25, 0.3) is 5.91 Å². The minimum Gasteiger partial charge on any atom is -0.361 e. The lowest BCUT2D eigenvalue weighted by Crippen LogP contribution is -2.13. The SMILES string of the molecule is Cc1ccc(C(=O)Nc2nocc2Cl)c(C)c1. The van der Waals surface area contributed by atoms with Crippen molar-refractivity contribution in [2.45, 2.75) is 13.8 Å². The highest BCUT2D eigenvalue weighted by atomic mass is 35.5. The highest BCUT2D eigenvalue weighted by Crippen LogP contribution is 2.20. The molecule has 2 aromatic rings. The third-order valence-electron chi connectivity index (χ3n) is 2.38. The Balaban J connectivity index is 2.23. The Morgan fingerprint density at radius 2 is 2.18 bits per heavy atom. The summed E-state index contributed by atoms with van der Waals surface area (Å²) < 4.78 is 4.63. The van der Waals surface area contributed by atoms with Crippen molar-refractivity contribution in [2.75, 3.05) is 5.32 Å². The molecule has 1 heterocycles. The Morgan fingerprint density at radius 1 is 1.41 bits per heavy atom. The lowest BCUT2D eigenvalue weighted by molar-refractivity contribution is 0.102. The van der Waals surface area contributed by atoms with Gasteiger partial charge in [0.2, 0.25) is 0 Å². The van der Waals surface area contributed by atoms with Gasteiger partial charge in [-0.15, -0.1) is 0 Å². The van der Waals surface area contributed by atoms with Gasteiger partial charge in [-0.3, -0.25) is 4.79 Å². The van der Waals surface area contributed by atoms with E-state index in [0.717, 1.165) is 11.1 Å². The molecular formula is C12H11ClN2O2. The van der Waals surface area contributed by atoms with E-state index in [-0.39, 0.29) is 16.7 Å². The Bertz CT molecular complexity index is 563. The molecule has 1 aromatic heterocycles. The largest absolute Gasteiger partial charge is 0.361 e. The Morgan fingerprint density at radius 3 is 2.76 bits per heavy atom. The highest BCUT2D eigenvalue weighted by molar-refractivity contribution is 6.33. The third kappa shape index (κ3) is 2.47. The highest BCUT2D eigenvalue weighted by Gasteiger charge is 2.13. The minimum absolute atomic E-state index is 0.233. The molecular weight excluding hydrogens is 240 g/mol. The third-order valence-corrected chi connectivity index (χ3v) is 2.65. The molecule has 2 rings (SSSR count). The molecule has 0 radical (unpaired) electrons. The fourth-order valence-electron chi connectivity index (χ4n) is 1.55. The molecule has 4 nitrogen and oxygen atoms in total. The van der Waals surface area contributed by atoms with Gasteiger partial charge >= 0.3 is 0 Å². The van der Waals surface area contributed by atoms with Crippen LogP contribution in [0.5, 0.6) is 0 Å². The molecule has 1 aromatic carbocycles. The van der Waals surface area contributed by atoms with Crippen molar-refractivity contribution >= 4 is 23.3 Å². The van der Waals surface area contributed by atoms with Crippen LogP contribution in [-0.2, 0) is 0 Å². The predicted molar refractivity (Wildman–Crippen MR) is 65.4 cm³/mol. The number of rotatable bonds is 2. The zero-order valence-corrected chi connectivity index (χ0v) is 10.2. The molecule has 0 aliphatic rings. The number of anilines is 1. The van der Waals surface area contributed by atoms with Crippen molar-refractivity contribution in [2.24, 2.45) is 0 Å². The molecule has 0 saturated heterocycles. The lowest BCUT2D eigenvalue weighted by Gasteiger charge is -2.06. The van der Waals surface area contributed by atoms with Gasteiger partial charge in [-0.1, -0.05) is 34.5 Å². The van der Waals surface area contributed by atoms with Gasteiger partial charge < -0.3 is 9.84 Å². The lowest BCUT2D eigenvalue weighted by atomic mass is 10.1. The molecule has 0 fully saturated rings. The van der Waals surface area contributed by atoms with E-state index in [2.05, 4.69) is 15.0 Å². The molecule has 0 unspecified atom stereocenters. The Hall–Kier alpha value is -1.81. The molecule has 0 spiro atoms. The summed E-state index contributed by atoms with van der Waals surface area (Å²) in [4.78, 5) is 11.9. The van der Waals surface area contributed by atoms with Crippen LogP contribution in [0.4, 0.5) is 5.82 Å². The van der Waals surface area contributed by atoms with Crippen LogP contribution in [0.1, 0.15) is 21.5 Å². The van der Waals surface area contributed by atoms with Crippen LogP contribution in [0.3, 0.4) is 0 Å². The second-order valence-corrected chi connectivity index (χ2v) is 4.19. The number of aryl methyl sites for hydroxylation is 2. The zero-order chi connectivity index (χ0) is 12.4. The van der Waals surface area contributed by atoms with Crippen molar-refractivity contribution in [1.29, 1.82) is 0 Å². The topological polar surface area (TPSA) is 55.1 Å².